The Bertz CT molecular complexity index is 613. The minimum Gasteiger partial charge on any atom is -0.373 e. The molecule has 0 aliphatic rings. The number of rotatable bonds is 2. The highest BCUT2D eigenvalue weighted by molar-refractivity contribution is 7.52. The summed E-state index contributed by atoms with van der Waals surface area (Å²) in [6.45, 7) is 15.2. The zero-order valence-corrected chi connectivity index (χ0v) is 15.7. The summed E-state index contributed by atoms with van der Waals surface area (Å²) in [5.74, 6) is 0. The highest BCUT2D eigenvalue weighted by atomic mass is 31.2. The monoisotopic (exact) mass is 328 g/mol. The Balaban J connectivity index is 3.87. The van der Waals surface area contributed by atoms with Crippen LogP contribution in [0.5, 0.6) is 0 Å². The molecule has 0 aliphatic carbocycles. The Morgan fingerprint density at radius 2 is 1.36 bits per heavy atom. The van der Waals surface area contributed by atoms with Gasteiger partial charge < -0.3 is 14.9 Å². The van der Waals surface area contributed by atoms with Crippen molar-refractivity contribution >= 4 is 7.60 Å². The Labute approximate surface area is 133 Å². The Morgan fingerprint density at radius 3 is 1.68 bits per heavy atom. The maximum absolute atomic E-state index is 11.8. The largest absolute Gasteiger partial charge is 0.373 e. The van der Waals surface area contributed by atoms with Crippen LogP contribution >= 0.6 is 7.60 Å². The number of aryl methyl sites for hydroxylation is 1. The van der Waals surface area contributed by atoms with Crippen LogP contribution in [0.25, 0.3) is 0 Å². The fourth-order valence-electron chi connectivity index (χ4n) is 2.75. The molecule has 1 aromatic carbocycles. The third-order valence-electron chi connectivity index (χ3n) is 4.03. The van der Waals surface area contributed by atoms with Gasteiger partial charge in [-0.25, -0.2) is 0 Å². The molecule has 0 amide bonds. The van der Waals surface area contributed by atoms with E-state index >= 15 is 0 Å². The van der Waals surface area contributed by atoms with E-state index in [1.807, 2.05) is 54.5 Å². The van der Waals surface area contributed by atoms with Gasteiger partial charge in [0, 0.05) is 0 Å². The van der Waals surface area contributed by atoms with E-state index < -0.39 is 12.9 Å². The summed E-state index contributed by atoms with van der Waals surface area (Å²) in [5.41, 5.74) is 2.47. The fourth-order valence-corrected chi connectivity index (χ4v) is 3.24. The molecule has 1 atom stereocenters. The van der Waals surface area contributed by atoms with Crippen LogP contribution in [0.1, 0.15) is 70.7 Å². The molecule has 0 radical (unpaired) electrons. The average molecular weight is 328 g/mol. The molecule has 0 saturated carbocycles. The van der Waals surface area contributed by atoms with Crippen LogP contribution in [0.2, 0.25) is 0 Å². The topological polar surface area (TPSA) is 77.8 Å². The number of hydrogen-bond donors (Lipinski definition) is 3. The Hall–Kier alpha value is -0.670. The van der Waals surface area contributed by atoms with E-state index in [1.54, 1.807) is 6.07 Å². The van der Waals surface area contributed by atoms with Gasteiger partial charge >= 0.3 is 7.60 Å². The van der Waals surface area contributed by atoms with Gasteiger partial charge in [-0.3, -0.25) is 4.57 Å². The lowest BCUT2D eigenvalue weighted by atomic mass is 9.75. The first-order chi connectivity index (χ1) is 9.49. The highest BCUT2D eigenvalue weighted by Crippen LogP contribution is 2.57. The Morgan fingerprint density at radius 1 is 0.909 bits per heavy atom. The third kappa shape index (κ3) is 3.62. The van der Waals surface area contributed by atoms with Crippen molar-refractivity contribution in [2.24, 2.45) is 0 Å². The van der Waals surface area contributed by atoms with Crippen LogP contribution in [0.4, 0.5) is 0 Å². The molecule has 0 bridgehead atoms. The molecule has 0 aromatic heterocycles. The summed E-state index contributed by atoms with van der Waals surface area (Å²) in [4.78, 5) is 19.3. The van der Waals surface area contributed by atoms with E-state index in [9.17, 15) is 19.5 Å². The van der Waals surface area contributed by atoms with Crippen LogP contribution in [0.3, 0.4) is 0 Å². The maximum atomic E-state index is 11.8. The molecule has 22 heavy (non-hydrogen) atoms. The van der Waals surface area contributed by atoms with Crippen molar-refractivity contribution in [3.05, 3.63) is 34.4 Å². The van der Waals surface area contributed by atoms with E-state index in [4.69, 9.17) is 0 Å². The van der Waals surface area contributed by atoms with Crippen molar-refractivity contribution < 1.29 is 19.5 Å². The van der Waals surface area contributed by atoms with E-state index in [0.717, 1.165) is 16.7 Å². The van der Waals surface area contributed by atoms with Crippen molar-refractivity contribution in [2.75, 3.05) is 0 Å². The number of hydrogen-bond acceptors (Lipinski definition) is 2. The average Bonchev–Trinajstić information content (AvgIpc) is 2.22. The van der Waals surface area contributed by atoms with Gasteiger partial charge in [0.25, 0.3) is 0 Å². The second-order valence-corrected chi connectivity index (χ2v) is 10.2. The van der Waals surface area contributed by atoms with Gasteiger partial charge in [-0.2, -0.15) is 0 Å². The Kier molecular flexibility index (Phi) is 4.80. The minimum absolute atomic E-state index is 0.180. The molecule has 5 heteroatoms. The van der Waals surface area contributed by atoms with Crippen molar-refractivity contribution in [3.63, 3.8) is 0 Å². The van der Waals surface area contributed by atoms with Crippen LogP contribution in [0.15, 0.2) is 12.1 Å². The third-order valence-corrected chi connectivity index (χ3v) is 5.40. The molecule has 1 rings (SSSR count). The summed E-state index contributed by atoms with van der Waals surface area (Å²) >= 11 is 0. The molecule has 4 nitrogen and oxygen atoms in total. The van der Waals surface area contributed by atoms with Gasteiger partial charge in [0.15, 0.2) is 5.34 Å². The minimum atomic E-state index is -4.72. The molecule has 0 saturated heterocycles. The van der Waals surface area contributed by atoms with Crippen LogP contribution < -0.4 is 0 Å². The lowest BCUT2D eigenvalue weighted by Gasteiger charge is -2.35. The molecule has 0 spiro atoms. The zero-order chi connectivity index (χ0) is 17.7. The molecule has 0 fully saturated rings. The maximum Gasteiger partial charge on any atom is 0.361 e. The summed E-state index contributed by atoms with van der Waals surface area (Å²) in [5, 5.41) is 8.41. The molecule has 1 unspecified atom stereocenters. The van der Waals surface area contributed by atoms with Crippen LogP contribution in [-0.2, 0) is 20.7 Å². The first kappa shape index (κ1) is 19.4. The highest BCUT2D eigenvalue weighted by Gasteiger charge is 2.45. The lowest BCUT2D eigenvalue weighted by Crippen LogP contribution is -2.29. The molecule has 3 N–H and O–H groups in total. The van der Waals surface area contributed by atoms with Crippen molar-refractivity contribution in [2.45, 2.75) is 71.6 Å². The second-order valence-electron chi connectivity index (χ2n) is 8.28. The van der Waals surface area contributed by atoms with Gasteiger partial charge in [0.05, 0.1) is 0 Å². The molecule has 1 aromatic rings. The van der Waals surface area contributed by atoms with Crippen molar-refractivity contribution in [3.8, 4) is 0 Å². The molecular formula is C17H29O4P. The van der Waals surface area contributed by atoms with E-state index in [0.29, 0.717) is 5.56 Å². The standard InChI is InChI=1S/C17H29O4P/c1-11-9-12(15(2,3)4)10-13(14(11)16(5,6)7)17(8,18)22(19,20)21/h9-10,18H,1-8H3,(H2,19,20,21). The van der Waals surface area contributed by atoms with Gasteiger partial charge in [-0.15, -0.1) is 0 Å². The number of aliphatic hydroxyl groups is 1. The van der Waals surface area contributed by atoms with Crippen LogP contribution in [-0.4, -0.2) is 14.9 Å². The molecule has 126 valence electrons. The molecule has 0 heterocycles. The fraction of sp³-hybridized carbons (Fsp3) is 0.647. The van der Waals surface area contributed by atoms with Gasteiger partial charge in [-0.05, 0) is 46.9 Å². The van der Waals surface area contributed by atoms with Crippen molar-refractivity contribution in [1.82, 2.24) is 0 Å². The summed E-state index contributed by atoms with van der Waals surface area (Å²) < 4.78 is 11.8. The normalized spacial score (nSPS) is 16.5. The molecular weight excluding hydrogens is 299 g/mol. The van der Waals surface area contributed by atoms with Crippen LogP contribution in [0, 0.1) is 6.92 Å². The van der Waals surface area contributed by atoms with E-state index in [2.05, 4.69) is 0 Å². The smallest absolute Gasteiger partial charge is 0.361 e. The molecule has 0 aliphatic heterocycles. The second kappa shape index (κ2) is 5.45. The van der Waals surface area contributed by atoms with E-state index in [1.165, 1.54) is 6.92 Å². The summed E-state index contributed by atoms with van der Waals surface area (Å²) in [7, 11) is -4.72. The SMILES string of the molecule is Cc1cc(C(C)(C)C)cc(C(C)(O)P(=O)(O)O)c1C(C)(C)C. The lowest BCUT2D eigenvalue weighted by molar-refractivity contribution is 0.106. The van der Waals surface area contributed by atoms with Crippen molar-refractivity contribution in [1.29, 1.82) is 0 Å². The van der Waals surface area contributed by atoms with Gasteiger partial charge in [0.2, 0.25) is 0 Å². The summed E-state index contributed by atoms with van der Waals surface area (Å²) in [6, 6.07) is 3.78. The zero-order valence-electron chi connectivity index (χ0n) is 14.9. The predicted octanol–water partition coefficient (Wildman–Crippen LogP) is 3.93. The first-order valence-electron chi connectivity index (χ1n) is 7.43. The first-order valence-corrected chi connectivity index (χ1v) is 9.05. The number of benzene rings is 1. The van der Waals surface area contributed by atoms with Gasteiger partial charge in [0.1, 0.15) is 0 Å². The predicted molar refractivity (Wildman–Crippen MR) is 90.2 cm³/mol. The summed E-state index contributed by atoms with van der Waals surface area (Å²) in [6.07, 6.45) is 0. The van der Waals surface area contributed by atoms with E-state index in [-0.39, 0.29) is 10.8 Å². The quantitative estimate of drug-likeness (QED) is 0.719. The van der Waals surface area contributed by atoms with Gasteiger partial charge in [-0.1, -0.05) is 53.7 Å².